The lowest BCUT2D eigenvalue weighted by Crippen LogP contribution is -2.39. The molecule has 1 saturated carbocycles. The Morgan fingerprint density at radius 3 is 3.05 bits per heavy atom. The monoisotopic (exact) mass is 277 g/mol. The van der Waals surface area contributed by atoms with Gasteiger partial charge in [-0.15, -0.1) is 0 Å². The number of ether oxygens (including phenoxy) is 1. The van der Waals surface area contributed by atoms with Crippen molar-refractivity contribution >= 4 is 0 Å². The summed E-state index contributed by atoms with van der Waals surface area (Å²) in [6.07, 6.45) is 6.99. The van der Waals surface area contributed by atoms with Gasteiger partial charge >= 0.3 is 0 Å². The number of rotatable bonds is 3. The SMILES string of the molecule is CC1CCCC(CN)(CC2Cc3cc(F)ccc3O2)C1. The minimum atomic E-state index is -0.173. The molecule has 1 heterocycles. The molecular weight excluding hydrogens is 253 g/mol. The maximum absolute atomic E-state index is 13.3. The average molecular weight is 277 g/mol. The molecule has 1 aromatic rings. The van der Waals surface area contributed by atoms with Crippen LogP contribution in [0, 0.1) is 17.2 Å². The van der Waals surface area contributed by atoms with E-state index in [9.17, 15) is 4.39 Å². The van der Waals surface area contributed by atoms with Gasteiger partial charge in [-0.25, -0.2) is 4.39 Å². The third kappa shape index (κ3) is 2.69. The molecule has 0 radical (unpaired) electrons. The number of halogens is 1. The van der Waals surface area contributed by atoms with E-state index < -0.39 is 0 Å². The summed E-state index contributed by atoms with van der Waals surface area (Å²) in [6, 6.07) is 4.83. The summed E-state index contributed by atoms with van der Waals surface area (Å²) < 4.78 is 19.3. The zero-order valence-electron chi connectivity index (χ0n) is 12.2. The van der Waals surface area contributed by atoms with Gasteiger partial charge in [0.1, 0.15) is 17.7 Å². The van der Waals surface area contributed by atoms with Crippen LogP contribution < -0.4 is 10.5 Å². The molecule has 0 spiro atoms. The van der Waals surface area contributed by atoms with E-state index in [0.717, 1.165) is 36.6 Å². The Morgan fingerprint density at radius 1 is 1.45 bits per heavy atom. The molecule has 3 heteroatoms. The maximum Gasteiger partial charge on any atom is 0.123 e. The fourth-order valence-corrected chi connectivity index (χ4v) is 4.11. The quantitative estimate of drug-likeness (QED) is 0.914. The Hall–Kier alpha value is -1.09. The predicted octanol–water partition coefficient (Wildman–Crippen LogP) is 3.67. The third-order valence-electron chi connectivity index (χ3n) is 5.04. The molecule has 20 heavy (non-hydrogen) atoms. The summed E-state index contributed by atoms with van der Waals surface area (Å²) >= 11 is 0. The first-order chi connectivity index (χ1) is 9.60. The van der Waals surface area contributed by atoms with Crippen LogP contribution in [-0.2, 0) is 6.42 Å². The van der Waals surface area contributed by atoms with Crippen LogP contribution in [0.3, 0.4) is 0 Å². The first-order valence-corrected chi connectivity index (χ1v) is 7.75. The van der Waals surface area contributed by atoms with E-state index in [1.807, 2.05) is 0 Å². The van der Waals surface area contributed by atoms with E-state index in [1.165, 1.54) is 31.7 Å². The molecule has 110 valence electrons. The molecule has 2 N–H and O–H groups in total. The molecule has 0 bridgehead atoms. The number of fused-ring (bicyclic) bond motifs is 1. The number of benzene rings is 1. The van der Waals surface area contributed by atoms with E-state index in [-0.39, 0.29) is 17.3 Å². The summed E-state index contributed by atoms with van der Waals surface area (Å²) in [5, 5.41) is 0. The lowest BCUT2D eigenvalue weighted by molar-refractivity contribution is 0.0824. The molecule has 1 fully saturated rings. The molecule has 1 aromatic carbocycles. The van der Waals surface area contributed by atoms with Crippen molar-refractivity contribution in [1.82, 2.24) is 0 Å². The van der Waals surface area contributed by atoms with Crippen molar-refractivity contribution < 1.29 is 9.13 Å². The van der Waals surface area contributed by atoms with Crippen LogP contribution in [0.2, 0.25) is 0 Å². The van der Waals surface area contributed by atoms with Gasteiger partial charge in [0.05, 0.1) is 0 Å². The molecule has 1 aliphatic carbocycles. The van der Waals surface area contributed by atoms with Crippen molar-refractivity contribution in [1.29, 1.82) is 0 Å². The Bertz CT molecular complexity index is 490. The summed E-state index contributed by atoms with van der Waals surface area (Å²) in [6.45, 7) is 3.06. The van der Waals surface area contributed by atoms with Gasteiger partial charge in [0, 0.05) is 12.0 Å². The second-order valence-corrected chi connectivity index (χ2v) is 6.81. The van der Waals surface area contributed by atoms with Gasteiger partial charge in [-0.1, -0.05) is 19.8 Å². The molecular formula is C17H24FNO. The van der Waals surface area contributed by atoms with Crippen molar-refractivity contribution in [3.8, 4) is 5.75 Å². The molecule has 2 nitrogen and oxygen atoms in total. The summed E-state index contributed by atoms with van der Waals surface area (Å²) in [4.78, 5) is 0. The maximum atomic E-state index is 13.3. The molecule has 0 amide bonds. The molecule has 3 unspecified atom stereocenters. The smallest absolute Gasteiger partial charge is 0.123 e. The van der Waals surface area contributed by atoms with Crippen LogP contribution in [-0.4, -0.2) is 12.6 Å². The van der Waals surface area contributed by atoms with E-state index in [1.54, 1.807) is 12.1 Å². The highest BCUT2D eigenvalue weighted by Crippen LogP contribution is 2.44. The topological polar surface area (TPSA) is 35.2 Å². The van der Waals surface area contributed by atoms with Crippen LogP contribution in [0.1, 0.15) is 44.6 Å². The minimum Gasteiger partial charge on any atom is -0.490 e. The van der Waals surface area contributed by atoms with Gasteiger partial charge in [0.25, 0.3) is 0 Å². The van der Waals surface area contributed by atoms with Crippen molar-refractivity contribution in [2.75, 3.05) is 6.54 Å². The first kappa shape index (κ1) is 13.9. The van der Waals surface area contributed by atoms with Gasteiger partial charge in [-0.3, -0.25) is 0 Å². The van der Waals surface area contributed by atoms with Crippen molar-refractivity contribution in [2.24, 2.45) is 17.1 Å². The fourth-order valence-electron chi connectivity index (χ4n) is 4.11. The van der Waals surface area contributed by atoms with Crippen LogP contribution in [0.5, 0.6) is 5.75 Å². The zero-order chi connectivity index (χ0) is 14.2. The molecule has 1 aliphatic heterocycles. The lowest BCUT2D eigenvalue weighted by atomic mass is 9.67. The minimum absolute atomic E-state index is 0.167. The first-order valence-electron chi connectivity index (χ1n) is 7.75. The largest absolute Gasteiger partial charge is 0.490 e. The van der Waals surface area contributed by atoms with Gasteiger partial charge in [-0.05, 0) is 55.3 Å². The number of hydrogen-bond donors (Lipinski definition) is 1. The Balaban J connectivity index is 1.70. The normalized spacial score (nSPS) is 32.8. The zero-order valence-corrected chi connectivity index (χ0v) is 12.2. The predicted molar refractivity (Wildman–Crippen MR) is 78.3 cm³/mol. The molecule has 3 atom stereocenters. The molecule has 3 rings (SSSR count). The fraction of sp³-hybridized carbons (Fsp3) is 0.647. The van der Waals surface area contributed by atoms with Crippen LogP contribution in [0.25, 0.3) is 0 Å². The van der Waals surface area contributed by atoms with E-state index in [4.69, 9.17) is 10.5 Å². The highest BCUT2D eigenvalue weighted by Gasteiger charge is 2.38. The number of hydrogen-bond acceptors (Lipinski definition) is 2. The summed E-state index contributed by atoms with van der Waals surface area (Å²) in [5.74, 6) is 1.44. The van der Waals surface area contributed by atoms with E-state index >= 15 is 0 Å². The highest BCUT2D eigenvalue weighted by molar-refractivity contribution is 5.37. The van der Waals surface area contributed by atoms with Crippen molar-refractivity contribution in [3.63, 3.8) is 0 Å². The highest BCUT2D eigenvalue weighted by atomic mass is 19.1. The second-order valence-electron chi connectivity index (χ2n) is 6.81. The van der Waals surface area contributed by atoms with Crippen LogP contribution in [0.4, 0.5) is 4.39 Å². The Morgan fingerprint density at radius 2 is 2.30 bits per heavy atom. The van der Waals surface area contributed by atoms with Crippen LogP contribution in [0.15, 0.2) is 18.2 Å². The molecule has 0 saturated heterocycles. The van der Waals surface area contributed by atoms with Gasteiger partial charge < -0.3 is 10.5 Å². The standard InChI is InChI=1S/C17H24FNO/c1-12-3-2-6-17(9-12,11-19)10-15-8-13-7-14(18)4-5-16(13)20-15/h4-5,7,12,15H,2-3,6,8-11,19H2,1H3. The van der Waals surface area contributed by atoms with Gasteiger partial charge in [0.15, 0.2) is 0 Å². The van der Waals surface area contributed by atoms with E-state index in [2.05, 4.69) is 6.92 Å². The van der Waals surface area contributed by atoms with Crippen LogP contribution >= 0.6 is 0 Å². The summed E-state index contributed by atoms with van der Waals surface area (Å²) in [5.41, 5.74) is 7.32. The molecule has 0 aromatic heterocycles. The van der Waals surface area contributed by atoms with Gasteiger partial charge in [0.2, 0.25) is 0 Å². The van der Waals surface area contributed by atoms with Gasteiger partial charge in [-0.2, -0.15) is 0 Å². The summed E-state index contributed by atoms with van der Waals surface area (Å²) in [7, 11) is 0. The Kier molecular flexibility index (Phi) is 3.72. The average Bonchev–Trinajstić information content (AvgIpc) is 2.79. The third-order valence-corrected chi connectivity index (χ3v) is 5.04. The lowest BCUT2D eigenvalue weighted by Gasteiger charge is -2.40. The van der Waals surface area contributed by atoms with E-state index in [0.29, 0.717) is 0 Å². The Labute approximate surface area is 120 Å². The van der Waals surface area contributed by atoms with Crippen molar-refractivity contribution in [2.45, 2.75) is 51.6 Å². The second kappa shape index (κ2) is 5.36. The molecule has 2 aliphatic rings. The van der Waals surface area contributed by atoms with Crippen molar-refractivity contribution in [3.05, 3.63) is 29.6 Å². The number of nitrogens with two attached hydrogens (primary N) is 1.